The smallest absolute Gasteiger partial charge is 0.344 e. The van der Waals surface area contributed by atoms with E-state index in [1.165, 1.54) is 11.3 Å². The lowest BCUT2D eigenvalue weighted by atomic mass is 10.0. The number of anilines is 1. The van der Waals surface area contributed by atoms with Crippen LogP contribution < -0.4 is 10.9 Å². The van der Waals surface area contributed by atoms with Crippen LogP contribution in [-0.2, 0) is 0 Å². The van der Waals surface area contributed by atoms with Gasteiger partial charge in [-0.2, -0.15) is 0 Å². The van der Waals surface area contributed by atoms with Gasteiger partial charge < -0.3 is 9.73 Å². The summed E-state index contributed by atoms with van der Waals surface area (Å²) in [5.41, 5.74) is 3.54. The van der Waals surface area contributed by atoms with Gasteiger partial charge in [-0.05, 0) is 54.1 Å². The minimum Gasteiger partial charge on any atom is -0.422 e. The molecule has 0 saturated heterocycles. The molecule has 2 heterocycles. The monoisotopic (exact) mass is 542 g/mol. The Hall–Kier alpha value is -3.97. The van der Waals surface area contributed by atoms with Crippen LogP contribution in [0.4, 0.5) is 5.69 Å². The first-order valence-corrected chi connectivity index (χ1v) is 12.8. The number of hydrogen-bond acceptors (Lipinski definition) is 5. The lowest BCUT2D eigenvalue weighted by molar-refractivity contribution is 0.102. The van der Waals surface area contributed by atoms with Crippen LogP contribution in [-0.4, -0.2) is 10.9 Å². The number of thiazole rings is 1. The number of nitrogens with zero attached hydrogens (tertiary/aromatic N) is 1. The van der Waals surface area contributed by atoms with Crippen molar-refractivity contribution in [2.75, 3.05) is 5.32 Å². The predicted octanol–water partition coefficient (Wildman–Crippen LogP) is 8.30. The van der Waals surface area contributed by atoms with Gasteiger partial charge in [-0.1, -0.05) is 65.7 Å². The van der Waals surface area contributed by atoms with Crippen LogP contribution in [0.3, 0.4) is 0 Å². The molecule has 6 aromatic rings. The fraction of sp³-hybridized carbons (Fsp3) is 0. The highest BCUT2D eigenvalue weighted by atomic mass is 35.5. The molecule has 0 atom stereocenters. The Balaban J connectivity index is 1.28. The number of fused-ring (bicyclic) bond motifs is 2. The van der Waals surface area contributed by atoms with Gasteiger partial charge in [-0.15, -0.1) is 11.3 Å². The van der Waals surface area contributed by atoms with Crippen molar-refractivity contribution in [1.29, 1.82) is 0 Å². The molecule has 0 fully saturated rings. The molecular weight excluding hydrogens is 527 g/mol. The standard InChI is InChI=1S/C29H16Cl2N2O3S/c30-21-15-22(31)24(14-20(21)28-33-23-6-2-4-8-26(23)37-28)32-27(34)17-11-9-16(10-12-17)19-13-18-5-1-3-7-25(18)36-29(19)35/h1-15H,(H,32,34). The van der Waals surface area contributed by atoms with Gasteiger partial charge in [-0.3, -0.25) is 4.79 Å². The minimum atomic E-state index is -0.439. The SMILES string of the molecule is O=C(Nc1cc(-c2nc3ccccc3s2)c(Cl)cc1Cl)c1ccc(-c2cc3ccccc3oc2=O)cc1. The molecule has 0 radical (unpaired) electrons. The molecule has 8 heteroatoms. The van der Waals surface area contributed by atoms with Crippen molar-refractivity contribution in [3.05, 3.63) is 117 Å². The van der Waals surface area contributed by atoms with E-state index in [1.54, 1.807) is 48.5 Å². The molecule has 37 heavy (non-hydrogen) atoms. The second-order valence-electron chi connectivity index (χ2n) is 8.32. The number of rotatable bonds is 4. The number of benzene rings is 4. The Morgan fingerprint density at radius 2 is 1.59 bits per heavy atom. The van der Waals surface area contributed by atoms with Crippen LogP contribution in [0.1, 0.15) is 10.4 Å². The maximum Gasteiger partial charge on any atom is 0.344 e. The third-order valence-corrected chi connectivity index (χ3v) is 7.62. The summed E-state index contributed by atoms with van der Waals surface area (Å²) in [4.78, 5) is 30.2. The Morgan fingerprint density at radius 3 is 2.41 bits per heavy atom. The third-order valence-electron chi connectivity index (χ3n) is 5.93. The molecule has 0 aliphatic rings. The zero-order valence-electron chi connectivity index (χ0n) is 19.0. The summed E-state index contributed by atoms with van der Waals surface area (Å²) in [5.74, 6) is -0.350. The van der Waals surface area contributed by atoms with Crippen molar-refractivity contribution >= 4 is 67.3 Å². The molecule has 0 spiro atoms. The van der Waals surface area contributed by atoms with E-state index in [0.717, 1.165) is 20.6 Å². The van der Waals surface area contributed by atoms with E-state index in [-0.39, 0.29) is 5.91 Å². The average molecular weight is 543 g/mol. The van der Waals surface area contributed by atoms with Crippen LogP contribution in [0.5, 0.6) is 0 Å². The number of amides is 1. The van der Waals surface area contributed by atoms with E-state index in [1.807, 2.05) is 42.5 Å². The molecule has 5 nitrogen and oxygen atoms in total. The lowest BCUT2D eigenvalue weighted by Gasteiger charge is -2.11. The first-order valence-electron chi connectivity index (χ1n) is 11.3. The Labute approximate surface area is 224 Å². The largest absolute Gasteiger partial charge is 0.422 e. The first kappa shape index (κ1) is 23.4. The van der Waals surface area contributed by atoms with Gasteiger partial charge in [0.15, 0.2) is 0 Å². The highest BCUT2D eigenvalue weighted by molar-refractivity contribution is 7.21. The maximum atomic E-state index is 13.0. The van der Waals surface area contributed by atoms with Gasteiger partial charge >= 0.3 is 5.63 Å². The van der Waals surface area contributed by atoms with Crippen LogP contribution >= 0.6 is 34.5 Å². The topological polar surface area (TPSA) is 72.2 Å². The number of para-hydroxylation sites is 2. The average Bonchev–Trinajstić information content (AvgIpc) is 3.34. The van der Waals surface area contributed by atoms with Gasteiger partial charge in [0.25, 0.3) is 5.91 Å². The van der Waals surface area contributed by atoms with E-state index in [2.05, 4.69) is 10.3 Å². The maximum absolute atomic E-state index is 13.0. The molecule has 6 rings (SSSR count). The summed E-state index contributed by atoms with van der Waals surface area (Å²) in [6.07, 6.45) is 0. The van der Waals surface area contributed by atoms with Crippen LogP contribution in [0, 0.1) is 0 Å². The van der Waals surface area contributed by atoms with Crippen molar-refractivity contribution in [3.8, 4) is 21.7 Å². The van der Waals surface area contributed by atoms with Gasteiger partial charge in [0.1, 0.15) is 10.6 Å². The minimum absolute atomic E-state index is 0.314. The first-order chi connectivity index (χ1) is 18.0. The molecule has 0 saturated carbocycles. The van der Waals surface area contributed by atoms with Crippen molar-refractivity contribution in [2.45, 2.75) is 0 Å². The Bertz CT molecular complexity index is 1840. The number of carbonyl (C=O) groups is 1. The van der Waals surface area contributed by atoms with E-state index < -0.39 is 5.63 Å². The van der Waals surface area contributed by atoms with Crippen molar-refractivity contribution < 1.29 is 9.21 Å². The number of hydrogen-bond donors (Lipinski definition) is 1. The van der Waals surface area contributed by atoms with Crippen molar-refractivity contribution in [2.24, 2.45) is 0 Å². The number of carbonyl (C=O) groups excluding carboxylic acids is 1. The van der Waals surface area contributed by atoms with Gasteiger partial charge in [0.05, 0.1) is 31.5 Å². The highest BCUT2D eigenvalue weighted by Crippen LogP contribution is 2.39. The number of aromatic nitrogens is 1. The van der Waals surface area contributed by atoms with Gasteiger partial charge in [-0.25, -0.2) is 9.78 Å². The normalized spacial score (nSPS) is 11.2. The van der Waals surface area contributed by atoms with Crippen LogP contribution in [0.15, 0.2) is 100 Å². The fourth-order valence-corrected chi connectivity index (χ4v) is 5.63. The van der Waals surface area contributed by atoms with Gasteiger partial charge in [0, 0.05) is 16.5 Å². The lowest BCUT2D eigenvalue weighted by Crippen LogP contribution is -2.12. The summed E-state index contributed by atoms with van der Waals surface area (Å²) in [5, 5.41) is 5.17. The number of nitrogens with one attached hydrogen (secondary N) is 1. The summed E-state index contributed by atoms with van der Waals surface area (Å²) >= 11 is 14.4. The summed E-state index contributed by atoms with van der Waals surface area (Å²) in [6, 6.07) is 27.0. The summed E-state index contributed by atoms with van der Waals surface area (Å²) in [7, 11) is 0. The molecule has 0 unspecified atom stereocenters. The molecule has 4 aromatic carbocycles. The molecule has 0 aliphatic heterocycles. The van der Waals surface area contributed by atoms with E-state index >= 15 is 0 Å². The van der Waals surface area contributed by atoms with E-state index in [9.17, 15) is 9.59 Å². The Morgan fingerprint density at radius 1 is 0.838 bits per heavy atom. The quantitative estimate of drug-likeness (QED) is 0.227. The van der Waals surface area contributed by atoms with Crippen molar-refractivity contribution in [3.63, 3.8) is 0 Å². The van der Waals surface area contributed by atoms with E-state index in [4.69, 9.17) is 27.6 Å². The highest BCUT2D eigenvalue weighted by Gasteiger charge is 2.16. The number of halogens is 2. The third kappa shape index (κ3) is 4.51. The van der Waals surface area contributed by atoms with E-state index in [0.29, 0.717) is 43.6 Å². The zero-order valence-corrected chi connectivity index (χ0v) is 21.3. The van der Waals surface area contributed by atoms with Crippen molar-refractivity contribution in [1.82, 2.24) is 4.98 Å². The fourth-order valence-electron chi connectivity index (χ4n) is 4.05. The van der Waals surface area contributed by atoms with Gasteiger partial charge in [0.2, 0.25) is 0 Å². The molecule has 1 N–H and O–H groups in total. The van der Waals surface area contributed by atoms with Crippen LogP contribution in [0.25, 0.3) is 42.9 Å². The molecule has 180 valence electrons. The predicted molar refractivity (Wildman–Crippen MR) is 151 cm³/mol. The molecule has 2 aromatic heterocycles. The summed E-state index contributed by atoms with van der Waals surface area (Å²) < 4.78 is 6.47. The zero-order chi connectivity index (χ0) is 25.5. The molecule has 1 amide bonds. The second kappa shape index (κ2) is 9.48. The summed E-state index contributed by atoms with van der Waals surface area (Å²) in [6.45, 7) is 0. The molecule has 0 aliphatic carbocycles. The Kier molecular flexibility index (Phi) is 6.00. The molecule has 0 bridgehead atoms. The van der Waals surface area contributed by atoms with Crippen LogP contribution in [0.2, 0.25) is 10.0 Å². The molecular formula is C29H16Cl2N2O3S. The second-order valence-corrected chi connectivity index (χ2v) is 10.2.